The third kappa shape index (κ3) is 3.48. The molecule has 4 rings (SSSR count). The molecule has 2 aromatic rings. The molecule has 4 nitrogen and oxygen atoms in total. The van der Waals surface area contributed by atoms with Crippen molar-refractivity contribution in [3.05, 3.63) is 52.0 Å². The van der Waals surface area contributed by atoms with Gasteiger partial charge in [-0.1, -0.05) is 30.3 Å². The molecule has 0 spiro atoms. The highest BCUT2D eigenvalue weighted by Gasteiger charge is 2.38. The number of carbonyl (C=O) groups is 1. The Morgan fingerprint density at radius 2 is 1.96 bits per heavy atom. The van der Waals surface area contributed by atoms with Crippen LogP contribution in [-0.4, -0.2) is 40.6 Å². The van der Waals surface area contributed by atoms with Crippen molar-refractivity contribution in [2.24, 2.45) is 5.41 Å². The summed E-state index contributed by atoms with van der Waals surface area (Å²) >= 11 is 1.48. The van der Waals surface area contributed by atoms with Gasteiger partial charge in [-0.15, -0.1) is 11.3 Å². The van der Waals surface area contributed by atoms with Gasteiger partial charge in [-0.05, 0) is 37.7 Å². The van der Waals surface area contributed by atoms with Crippen LogP contribution in [0, 0.1) is 5.41 Å². The van der Waals surface area contributed by atoms with Crippen LogP contribution in [0.4, 0.5) is 0 Å². The Labute approximate surface area is 152 Å². The molecule has 1 aromatic carbocycles. The Hall–Kier alpha value is -1.72. The molecule has 5 heteroatoms. The highest BCUT2D eigenvalue weighted by Crippen LogP contribution is 2.42. The number of benzene rings is 1. The number of hydrogen-bond donors (Lipinski definition) is 1. The molecule has 2 heterocycles. The van der Waals surface area contributed by atoms with Crippen LogP contribution in [0.15, 0.2) is 35.8 Å². The van der Waals surface area contributed by atoms with E-state index in [0.29, 0.717) is 19.0 Å². The van der Waals surface area contributed by atoms with Crippen LogP contribution in [0.5, 0.6) is 0 Å². The van der Waals surface area contributed by atoms with Crippen LogP contribution in [0.3, 0.4) is 0 Å². The van der Waals surface area contributed by atoms with Gasteiger partial charge in [0, 0.05) is 31.0 Å². The van der Waals surface area contributed by atoms with Gasteiger partial charge < -0.3 is 10.0 Å². The van der Waals surface area contributed by atoms with Gasteiger partial charge in [0.1, 0.15) is 4.88 Å². The van der Waals surface area contributed by atoms with Gasteiger partial charge in [0.05, 0.1) is 11.2 Å². The molecule has 1 aliphatic carbocycles. The maximum absolute atomic E-state index is 12.9. The number of likely N-dealkylation sites (tertiary alicyclic amines) is 1. The van der Waals surface area contributed by atoms with Gasteiger partial charge in [-0.2, -0.15) is 0 Å². The zero-order valence-corrected chi connectivity index (χ0v) is 15.2. The monoisotopic (exact) mass is 356 g/mol. The summed E-state index contributed by atoms with van der Waals surface area (Å²) in [6, 6.07) is 10.3. The Bertz CT molecular complexity index is 731. The predicted octanol–water partition coefficient (Wildman–Crippen LogP) is 3.48. The lowest BCUT2D eigenvalue weighted by Crippen LogP contribution is -2.45. The minimum atomic E-state index is -0.106. The van der Waals surface area contributed by atoms with Crippen LogP contribution in [-0.2, 0) is 6.42 Å². The van der Waals surface area contributed by atoms with Gasteiger partial charge in [0.15, 0.2) is 0 Å². The molecule has 2 aliphatic rings. The zero-order chi connectivity index (χ0) is 17.3. The van der Waals surface area contributed by atoms with E-state index >= 15 is 0 Å². The second-order valence-electron chi connectivity index (χ2n) is 7.45. The Morgan fingerprint density at radius 1 is 1.24 bits per heavy atom. The molecule has 1 aliphatic heterocycles. The molecule has 0 bridgehead atoms. The minimum Gasteiger partial charge on any atom is -0.396 e. The highest BCUT2D eigenvalue weighted by molar-refractivity contribution is 7.11. The fourth-order valence-electron chi connectivity index (χ4n) is 3.81. The number of aliphatic hydroxyl groups is 1. The van der Waals surface area contributed by atoms with Crippen molar-refractivity contribution >= 4 is 17.2 Å². The number of thiazole rings is 1. The third-order valence-electron chi connectivity index (χ3n) is 5.62. The average Bonchev–Trinajstić information content (AvgIpc) is 3.39. The topological polar surface area (TPSA) is 53.4 Å². The van der Waals surface area contributed by atoms with Crippen LogP contribution < -0.4 is 0 Å². The van der Waals surface area contributed by atoms with E-state index in [4.69, 9.17) is 0 Å². The second kappa shape index (κ2) is 6.89. The number of amides is 1. The van der Waals surface area contributed by atoms with E-state index in [2.05, 4.69) is 17.1 Å². The summed E-state index contributed by atoms with van der Waals surface area (Å²) < 4.78 is 0. The lowest BCUT2D eigenvalue weighted by molar-refractivity contribution is 0.0360. The zero-order valence-electron chi connectivity index (χ0n) is 14.4. The summed E-state index contributed by atoms with van der Waals surface area (Å²) in [4.78, 5) is 20.1. The van der Waals surface area contributed by atoms with E-state index in [1.165, 1.54) is 16.9 Å². The molecule has 1 saturated carbocycles. The summed E-state index contributed by atoms with van der Waals surface area (Å²) in [5, 5.41) is 10.0. The Kier molecular flexibility index (Phi) is 4.61. The molecule has 1 aromatic heterocycles. The van der Waals surface area contributed by atoms with E-state index in [9.17, 15) is 9.90 Å². The first-order valence-corrected chi connectivity index (χ1v) is 9.96. The van der Waals surface area contributed by atoms with E-state index < -0.39 is 0 Å². The first kappa shape index (κ1) is 16.7. The van der Waals surface area contributed by atoms with E-state index in [0.717, 1.165) is 42.7 Å². The molecular formula is C20H24N2O2S. The minimum absolute atomic E-state index is 0.106. The van der Waals surface area contributed by atoms with Gasteiger partial charge >= 0.3 is 0 Å². The molecule has 132 valence electrons. The van der Waals surface area contributed by atoms with Crippen molar-refractivity contribution in [2.75, 3.05) is 19.7 Å². The van der Waals surface area contributed by atoms with Crippen LogP contribution in [0.25, 0.3) is 0 Å². The number of rotatable bonds is 5. The van der Waals surface area contributed by atoms with Crippen molar-refractivity contribution in [3.8, 4) is 0 Å². The number of aliphatic hydroxyl groups excluding tert-OH is 1. The maximum atomic E-state index is 12.9. The van der Waals surface area contributed by atoms with E-state index in [-0.39, 0.29) is 17.9 Å². The second-order valence-corrected chi connectivity index (χ2v) is 8.31. The highest BCUT2D eigenvalue weighted by atomic mass is 32.1. The van der Waals surface area contributed by atoms with Gasteiger partial charge in [-0.3, -0.25) is 4.79 Å². The molecule has 0 unspecified atom stereocenters. The van der Waals surface area contributed by atoms with Crippen LogP contribution >= 0.6 is 11.3 Å². The predicted molar refractivity (Wildman–Crippen MR) is 98.9 cm³/mol. The molecule has 0 atom stereocenters. The lowest BCUT2D eigenvalue weighted by Gasteiger charge is -2.41. The molecule has 1 saturated heterocycles. The van der Waals surface area contributed by atoms with Crippen molar-refractivity contribution in [2.45, 2.75) is 38.0 Å². The molecule has 2 fully saturated rings. The van der Waals surface area contributed by atoms with Crippen molar-refractivity contribution in [3.63, 3.8) is 0 Å². The SMILES string of the molecule is O=C(c1scnc1C1CC1)N1CCC(CO)(Cc2ccccc2)CC1. The van der Waals surface area contributed by atoms with Crippen molar-refractivity contribution in [1.82, 2.24) is 9.88 Å². The summed E-state index contributed by atoms with van der Waals surface area (Å²) in [6.45, 7) is 1.61. The van der Waals surface area contributed by atoms with Gasteiger partial charge in [0.25, 0.3) is 5.91 Å². The molecule has 0 radical (unpaired) electrons. The fraction of sp³-hybridized carbons (Fsp3) is 0.500. The number of carbonyl (C=O) groups excluding carboxylic acids is 1. The number of piperidine rings is 1. The summed E-state index contributed by atoms with van der Waals surface area (Å²) in [7, 11) is 0. The number of nitrogens with zero attached hydrogens (tertiary/aromatic N) is 2. The first-order valence-electron chi connectivity index (χ1n) is 9.08. The van der Waals surface area contributed by atoms with E-state index in [1.807, 2.05) is 23.1 Å². The standard InChI is InChI=1S/C20H24N2O2S/c23-13-20(12-15-4-2-1-3-5-15)8-10-22(11-9-20)19(24)18-17(16-6-7-16)21-14-25-18/h1-5,14,16,23H,6-13H2. The lowest BCUT2D eigenvalue weighted by atomic mass is 9.74. The Morgan fingerprint density at radius 3 is 2.60 bits per heavy atom. The van der Waals surface area contributed by atoms with E-state index in [1.54, 1.807) is 5.51 Å². The number of hydrogen-bond acceptors (Lipinski definition) is 4. The average molecular weight is 356 g/mol. The van der Waals surface area contributed by atoms with Gasteiger partial charge in [-0.25, -0.2) is 4.98 Å². The largest absolute Gasteiger partial charge is 0.396 e. The normalized spacial score (nSPS) is 19.8. The molecule has 1 amide bonds. The van der Waals surface area contributed by atoms with Crippen LogP contribution in [0.2, 0.25) is 0 Å². The molecule has 25 heavy (non-hydrogen) atoms. The first-order chi connectivity index (χ1) is 12.2. The number of aromatic nitrogens is 1. The Balaban J connectivity index is 1.43. The maximum Gasteiger partial charge on any atom is 0.265 e. The van der Waals surface area contributed by atoms with Crippen molar-refractivity contribution < 1.29 is 9.90 Å². The smallest absolute Gasteiger partial charge is 0.265 e. The summed E-state index contributed by atoms with van der Waals surface area (Å²) in [5.74, 6) is 0.639. The van der Waals surface area contributed by atoms with Gasteiger partial charge in [0.2, 0.25) is 0 Å². The van der Waals surface area contributed by atoms with Crippen molar-refractivity contribution in [1.29, 1.82) is 0 Å². The molecule has 1 N–H and O–H groups in total. The summed E-state index contributed by atoms with van der Waals surface area (Å²) in [5.41, 5.74) is 3.97. The third-order valence-corrected chi connectivity index (χ3v) is 6.45. The summed E-state index contributed by atoms with van der Waals surface area (Å²) in [6.07, 6.45) is 4.90. The van der Waals surface area contributed by atoms with Crippen LogP contribution in [0.1, 0.15) is 52.5 Å². The fourth-order valence-corrected chi connectivity index (χ4v) is 4.65. The quantitative estimate of drug-likeness (QED) is 0.892. The molecular weight excluding hydrogens is 332 g/mol.